The van der Waals surface area contributed by atoms with Crippen molar-refractivity contribution in [3.63, 3.8) is 0 Å². The molecule has 2 atom stereocenters. The minimum Gasteiger partial charge on any atom is -0.478 e. The van der Waals surface area contributed by atoms with Crippen LogP contribution >= 0.6 is 0 Å². The fraction of sp³-hybridized carbons (Fsp3) is 0.548. The van der Waals surface area contributed by atoms with Crippen LogP contribution in [0.25, 0.3) is 0 Å². The number of hydrogen-bond donors (Lipinski definition) is 0. The Morgan fingerprint density at radius 2 is 0.755 bits per heavy atom. The molecule has 0 radical (unpaired) electrons. The molecule has 2 aromatic rings. The van der Waals surface area contributed by atoms with Crippen LogP contribution in [0.15, 0.2) is 58.5 Å². The molecule has 0 bridgehead atoms. The topological polar surface area (TPSA) is 43.2 Å². The zero-order valence-corrected chi connectivity index (χ0v) is 26.6. The SMILES string of the molecule is CC(C)(C1=N[C@@H](Cc2ccc(C(F)(F)C(F)(F)C(F)(F)C(F)(F)F)cc2)CO1)C1=N[C@@H](Cc2ccc(C(F)(F)C(F)(F)C(F)(F)C(F)(F)F)cc2)CO1. The summed E-state index contributed by atoms with van der Waals surface area (Å²) in [5.41, 5.74) is -4.57. The van der Waals surface area contributed by atoms with Gasteiger partial charge in [-0.3, -0.25) is 0 Å². The van der Waals surface area contributed by atoms with Gasteiger partial charge < -0.3 is 9.47 Å². The van der Waals surface area contributed by atoms with Crippen LogP contribution in [0.2, 0.25) is 0 Å². The first-order valence-electron chi connectivity index (χ1n) is 14.8. The van der Waals surface area contributed by atoms with Gasteiger partial charge in [0, 0.05) is 11.1 Å². The molecule has 0 N–H and O–H groups in total. The molecule has 4 nitrogen and oxygen atoms in total. The largest absolute Gasteiger partial charge is 0.478 e. The van der Waals surface area contributed by atoms with E-state index >= 15 is 0 Å². The first-order chi connectivity index (χ1) is 23.8. The fourth-order valence-electron chi connectivity index (χ4n) is 5.17. The highest BCUT2D eigenvalue weighted by Gasteiger charge is 2.83. The predicted molar refractivity (Wildman–Crippen MR) is 148 cm³/mol. The summed E-state index contributed by atoms with van der Waals surface area (Å²) in [6.07, 6.45) is -14.2. The van der Waals surface area contributed by atoms with E-state index < -0.39 is 76.5 Å². The Bertz CT molecular complexity index is 1570. The quantitative estimate of drug-likeness (QED) is 0.201. The van der Waals surface area contributed by atoms with Crippen LogP contribution in [0.1, 0.15) is 36.1 Å². The molecule has 0 fully saturated rings. The first kappa shape index (κ1) is 41.9. The molecule has 0 spiro atoms. The van der Waals surface area contributed by atoms with Gasteiger partial charge in [-0.1, -0.05) is 48.5 Å². The van der Waals surface area contributed by atoms with Gasteiger partial charge in [-0.2, -0.15) is 79.0 Å². The first-order valence-corrected chi connectivity index (χ1v) is 14.8. The molecular formula is C31H24F18N2O2. The summed E-state index contributed by atoms with van der Waals surface area (Å²) < 4.78 is 251. The smallest absolute Gasteiger partial charge is 0.460 e. The number of nitrogens with zero attached hydrogens (tertiary/aromatic N) is 2. The normalized spacial score (nSPS) is 19.8. The van der Waals surface area contributed by atoms with Gasteiger partial charge >= 0.3 is 47.9 Å². The Balaban J connectivity index is 1.42. The lowest BCUT2D eigenvalue weighted by molar-refractivity contribution is -0.399. The lowest BCUT2D eigenvalue weighted by Gasteiger charge is -2.33. The second-order valence-corrected chi connectivity index (χ2v) is 12.7. The summed E-state index contributed by atoms with van der Waals surface area (Å²) in [4.78, 5) is 8.70. The number of alkyl halides is 18. The van der Waals surface area contributed by atoms with Crippen molar-refractivity contribution < 1.29 is 88.5 Å². The van der Waals surface area contributed by atoms with Gasteiger partial charge in [-0.05, 0) is 37.8 Å². The van der Waals surface area contributed by atoms with Crippen molar-refractivity contribution in [3.05, 3.63) is 70.8 Å². The summed E-state index contributed by atoms with van der Waals surface area (Å²) in [5, 5.41) is 0. The minimum atomic E-state index is -7.06. The average molecular weight is 799 g/mol. The molecular weight excluding hydrogens is 774 g/mol. The maximum Gasteiger partial charge on any atom is 0.460 e. The van der Waals surface area contributed by atoms with Crippen molar-refractivity contribution in [3.8, 4) is 0 Å². The number of rotatable bonds is 12. The van der Waals surface area contributed by atoms with E-state index in [1.54, 1.807) is 0 Å². The van der Waals surface area contributed by atoms with Crippen LogP contribution in [0.4, 0.5) is 79.0 Å². The van der Waals surface area contributed by atoms with Crippen molar-refractivity contribution >= 4 is 11.8 Å². The Labute approximate surface area is 286 Å². The molecule has 4 rings (SSSR count). The van der Waals surface area contributed by atoms with E-state index in [1.807, 2.05) is 0 Å². The third kappa shape index (κ3) is 7.09. The van der Waals surface area contributed by atoms with E-state index in [9.17, 15) is 79.0 Å². The van der Waals surface area contributed by atoms with Crippen LogP contribution < -0.4 is 0 Å². The fourth-order valence-corrected chi connectivity index (χ4v) is 5.17. The Morgan fingerprint density at radius 1 is 0.472 bits per heavy atom. The van der Waals surface area contributed by atoms with Gasteiger partial charge in [-0.15, -0.1) is 0 Å². The number of halogens is 18. The standard InChI is InChI=1S/C31H24F18N2O2/c1-23(2,21-50-19(13-52-21)11-15-3-7-17(8-4-15)24(32,33)26(36,37)28(40,41)30(44,45)46)22-51-20(14-53-22)12-16-5-9-18(10-6-16)25(34,35)27(38,39)29(42,43)31(47,48)49/h3-10,19-20H,11-14H2,1-2H3/t19-,20-/m0/s1. The maximum atomic E-state index is 14.2. The number of ether oxygens (including phenoxy) is 2. The molecule has 2 aromatic carbocycles. The van der Waals surface area contributed by atoms with Gasteiger partial charge in [0.15, 0.2) is 11.8 Å². The highest BCUT2D eigenvalue weighted by Crippen LogP contribution is 2.58. The third-order valence-electron chi connectivity index (χ3n) is 8.36. The van der Waals surface area contributed by atoms with E-state index in [2.05, 4.69) is 9.98 Å². The maximum absolute atomic E-state index is 14.2. The van der Waals surface area contributed by atoms with Crippen molar-refractivity contribution in [2.45, 2.75) is 86.7 Å². The summed E-state index contributed by atoms with van der Waals surface area (Å²) in [6.45, 7) is 2.82. The zero-order valence-electron chi connectivity index (χ0n) is 26.6. The van der Waals surface area contributed by atoms with Gasteiger partial charge in [0.2, 0.25) is 0 Å². The van der Waals surface area contributed by atoms with Gasteiger partial charge in [-0.25, -0.2) is 9.98 Å². The Hall–Kier alpha value is -3.88. The van der Waals surface area contributed by atoms with E-state index in [4.69, 9.17) is 9.47 Å². The molecule has 2 heterocycles. The van der Waals surface area contributed by atoms with Crippen molar-refractivity contribution in [1.29, 1.82) is 0 Å². The van der Waals surface area contributed by atoms with Crippen molar-refractivity contribution in [2.75, 3.05) is 13.2 Å². The lowest BCUT2D eigenvalue weighted by atomic mass is 9.92. The highest BCUT2D eigenvalue weighted by atomic mass is 19.4. The zero-order chi connectivity index (χ0) is 40.4. The van der Waals surface area contributed by atoms with Gasteiger partial charge in [0.25, 0.3) is 0 Å². The lowest BCUT2D eigenvalue weighted by Crippen LogP contribution is -2.59. The molecule has 0 unspecified atom stereocenters. The molecule has 0 saturated heterocycles. The second-order valence-electron chi connectivity index (χ2n) is 12.7. The van der Waals surface area contributed by atoms with E-state index in [0.29, 0.717) is 0 Å². The minimum absolute atomic E-state index is 0.0299. The molecule has 53 heavy (non-hydrogen) atoms. The van der Waals surface area contributed by atoms with E-state index in [-0.39, 0.29) is 73.2 Å². The number of hydrogen-bond acceptors (Lipinski definition) is 4. The van der Waals surface area contributed by atoms with Gasteiger partial charge in [0.05, 0.1) is 12.1 Å². The number of benzene rings is 2. The van der Waals surface area contributed by atoms with E-state index in [0.717, 1.165) is 24.3 Å². The molecule has 0 aromatic heterocycles. The summed E-state index contributed by atoms with van der Waals surface area (Å²) in [5.74, 6) is -39.6. The average Bonchev–Trinajstić information content (AvgIpc) is 3.71. The summed E-state index contributed by atoms with van der Waals surface area (Å²) >= 11 is 0. The molecule has 0 saturated carbocycles. The molecule has 0 aliphatic carbocycles. The molecule has 0 amide bonds. The van der Waals surface area contributed by atoms with Gasteiger partial charge in [0.1, 0.15) is 18.6 Å². The summed E-state index contributed by atoms with van der Waals surface area (Å²) in [7, 11) is 0. The highest BCUT2D eigenvalue weighted by molar-refractivity contribution is 6.05. The predicted octanol–water partition coefficient (Wildman–Crippen LogP) is 9.94. The van der Waals surface area contributed by atoms with Crippen molar-refractivity contribution in [1.82, 2.24) is 0 Å². The third-order valence-corrected chi connectivity index (χ3v) is 8.36. The molecule has 2 aliphatic heterocycles. The van der Waals surface area contributed by atoms with Crippen LogP contribution in [0.3, 0.4) is 0 Å². The van der Waals surface area contributed by atoms with Crippen LogP contribution in [-0.4, -0.2) is 73.1 Å². The number of aliphatic imine (C=N–C) groups is 2. The second kappa shape index (κ2) is 13.2. The molecule has 296 valence electrons. The molecule has 2 aliphatic rings. The van der Waals surface area contributed by atoms with Crippen LogP contribution in [-0.2, 0) is 34.2 Å². The van der Waals surface area contributed by atoms with Crippen molar-refractivity contribution in [2.24, 2.45) is 15.4 Å². The Morgan fingerprint density at radius 3 is 1.02 bits per heavy atom. The monoisotopic (exact) mass is 798 g/mol. The van der Waals surface area contributed by atoms with E-state index in [1.165, 1.54) is 13.8 Å². The summed E-state index contributed by atoms with van der Waals surface area (Å²) in [6, 6.07) is 2.78. The van der Waals surface area contributed by atoms with Crippen LogP contribution in [0, 0.1) is 5.41 Å². The Kier molecular flexibility index (Phi) is 10.4. The van der Waals surface area contributed by atoms with Crippen LogP contribution in [0.5, 0.6) is 0 Å². The molecule has 22 heteroatoms.